The highest BCUT2D eigenvalue weighted by atomic mass is 32.2. The summed E-state index contributed by atoms with van der Waals surface area (Å²) in [5.74, 6) is -3.25. The average molecular weight is 605 g/mol. The number of hydrogen-bond acceptors (Lipinski definition) is 9. The Balaban J connectivity index is 1.30. The number of carbonyl (C=O) groups is 3. The first-order valence-electron chi connectivity index (χ1n) is 11.8. The first-order chi connectivity index (χ1) is 19.1. The highest BCUT2D eigenvalue weighted by molar-refractivity contribution is 8.26. The van der Waals surface area contributed by atoms with Crippen LogP contribution < -0.4 is 5.32 Å². The van der Waals surface area contributed by atoms with Crippen molar-refractivity contribution in [2.24, 2.45) is 0 Å². The lowest BCUT2D eigenvalue weighted by Gasteiger charge is -2.14. The molecule has 13 heteroatoms. The second kappa shape index (κ2) is 13.2. The Bertz CT molecular complexity index is 1480. The second-order valence-corrected chi connectivity index (χ2v) is 11.1. The highest BCUT2D eigenvalue weighted by Gasteiger charge is 2.32. The third kappa shape index (κ3) is 7.37. The number of esters is 1. The Labute approximate surface area is 241 Å². The van der Waals surface area contributed by atoms with E-state index in [4.69, 9.17) is 22.1 Å². The van der Waals surface area contributed by atoms with Gasteiger partial charge in [0.05, 0.1) is 17.1 Å². The minimum Gasteiger partial charge on any atom is -0.459 e. The van der Waals surface area contributed by atoms with Gasteiger partial charge in [-0.15, -0.1) is 11.3 Å². The number of thioether (sulfide) groups is 1. The number of rotatable bonds is 10. The number of anilines is 1. The summed E-state index contributed by atoms with van der Waals surface area (Å²) in [6.07, 6.45) is 0.484. The fourth-order valence-corrected chi connectivity index (χ4v) is 5.73. The molecule has 0 saturated carbocycles. The lowest BCUT2D eigenvalue weighted by molar-refractivity contribution is -0.122. The van der Waals surface area contributed by atoms with E-state index in [0.717, 1.165) is 28.8 Å². The second-order valence-electron chi connectivity index (χ2n) is 8.51. The Morgan fingerprint density at radius 2 is 1.85 bits per heavy atom. The minimum absolute atomic E-state index is 0.0260. The molecule has 1 aliphatic rings. The topological polar surface area (TPSA) is 116 Å². The third-order valence-electron chi connectivity index (χ3n) is 5.60. The van der Waals surface area contributed by atoms with E-state index in [-0.39, 0.29) is 37.0 Å². The van der Waals surface area contributed by atoms with Crippen molar-refractivity contribution in [2.45, 2.75) is 12.5 Å². The number of thiophene rings is 1. The van der Waals surface area contributed by atoms with Gasteiger partial charge in [0.2, 0.25) is 5.91 Å². The first-order valence-corrected chi connectivity index (χ1v) is 13.9. The fourth-order valence-electron chi connectivity index (χ4n) is 3.51. The van der Waals surface area contributed by atoms with Crippen molar-refractivity contribution in [1.82, 2.24) is 4.90 Å². The number of aliphatic hydroxyl groups excluding tert-OH is 2. The van der Waals surface area contributed by atoms with E-state index >= 15 is 0 Å². The van der Waals surface area contributed by atoms with Gasteiger partial charge in [-0.1, -0.05) is 30.0 Å². The molecular weight excluding hydrogens is 583 g/mol. The number of amides is 2. The van der Waals surface area contributed by atoms with Crippen molar-refractivity contribution in [3.8, 4) is 11.1 Å². The zero-order valence-corrected chi connectivity index (χ0v) is 23.1. The van der Waals surface area contributed by atoms with E-state index in [1.54, 1.807) is 17.5 Å². The number of nitrogens with one attached hydrogen (secondary N) is 1. The van der Waals surface area contributed by atoms with E-state index < -0.39 is 30.3 Å². The van der Waals surface area contributed by atoms with Gasteiger partial charge in [0, 0.05) is 23.5 Å². The molecule has 2 amide bonds. The van der Waals surface area contributed by atoms with Gasteiger partial charge in [-0.25, -0.2) is 13.6 Å². The van der Waals surface area contributed by atoms with Crippen LogP contribution >= 0.6 is 35.3 Å². The van der Waals surface area contributed by atoms with Crippen LogP contribution in [0.15, 0.2) is 58.8 Å². The largest absolute Gasteiger partial charge is 0.459 e. The summed E-state index contributed by atoms with van der Waals surface area (Å²) < 4.78 is 32.0. The lowest BCUT2D eigenvalue weighted by atomic mass is 10.1. The molecule has 1 unspecified atom stereocenters. The molecule has 1 fully saturated rings. The molecule has 208 valence electrons. The summed E-state index contributed by atoms with van der Waals surface area (Å²) in [7, 11) is 0. The van der Waals surface area contributed by atoms with Gasteiger partial charge in [-0.2, -0.15) is 0 Å². The predicted octanol–water partition coefficient (Wildman–Crippen LogP) is 4.43. The number of nitrogens with zero attached hydrogens (tertiary/aromatic N) is 1. The van der Waals surface area contributed by atoms with Gasteiger partial charge in [-0.05, 0) is 65.0 Å². The molecule has 0 spiro atoms. The zero-order valence-electron chi connectivity index (χ0n) is 20.6. The third-order valence-corrected chi connectivity index (χ3v) is 7.86. The molecule has 8 nitrogen and oxygen atoms in total. The molecular formula is C27H22F2N2O6S3. The summed E-state index contributed by atoms with van der Waals surface area (Å²) in [6.45, 7) is -0.804. The molecule has 1 aromatic heterocycles. The molecule has 3 aromatic rings. The monoisotopic (exact) mass is 604 g/mol. The van der Waals surface area contributed by atoms with Crippen LogP contribution in [0.4, 0.5) is 14.5 Å². The number of benzene rings is 2. The Morgan fingerprint density at radius 3 is 2.55 bits per heavy atom. The molecule has 2 aromatic carbocycles. The van der Waals surface area contributed by atoms with Crippen LogP contribution in [0.1, 0.15) is 21.7 Å². The molecule has 1 atom stereocenters. The van der Waals surface area contributed by atoms with Crippen molar-refractivity contribution in [2.75, 3.05) is 25.1 Å². The Hall–Kier alpha value is -3.49. The van der Waals surface area contributed by atoms with E-state index in [1.807, 2.05) is 0 Å². The summed E-state index contributed by atoms with van der Waals surface area (Å²) >= 11 is 7.79. The average Bonchev–Trinajstić information content (AvgIpc) is 3.51. The van der Waals surface area contributed by atoms with Gasteiger partial charge in [0.1, 0.15) is 17.0 Å². The highest BCUT2D eigenvalue weighted by Crippen LogP contribution is 2.35. The van der Waals surface area contributed by atoms with Crippen molar-refractivity contribution in [3.63, 3.8) is 0 Å². The standard InChI is InChI=1S/C27H22F2N2O6S3/c28-21-6-3-16(10-22(21)29)17-9-20(39-14-17)11-23-25(35)31(27(38)40-23)8-7-24(34)30-18-4-1-15(2-5-18)26(36)37-13-19(33)12-32/h1-6,9-11,14,19,32-33H,7-8,12-13H2,(H,30,34)/b23-11-. The fraction of sp³-hybridized carbons (Fsp3) is 0.185. The van der Waals surface area contributed by atoms with Crippen LogP contribution in [0.3, 0.4) is 0 Å². The maximum absolute atomic E-state index is 13.6. The van der Waals surface area contributed by atoms with E-state index in [2.05, 4.69) is 5.32 Å². The predicted molar refractivity (Wildman–Crippen MR) is 153 cm³/mol. The summed E-state index contributed by atoms with van der Waals surface area (Å²) in [4.78, 5) is 39.8. The summed E-state index contributed by atoms with van der Waals surface area (Å²) in [5.41, 5.74) is 1.83. The zero-order chi connectivity index (χ0) is 28.8. The normalized spacial score (nSPS) is 15.0. The van der Waals surface area contributed by atoms with Gasteiger partial charge < -0.3 is 20.3 Å². The van der Waals surface area contributed by atoms with Gasteiger partial charge >= 0.3 is 5.97 Å². The lowest BCUT2D eigenvalue weighted by Crippen LogP contribution is -2.31. The SMILES string of the molecule is O=C(CCN1C(=O)/C(=C/c2cc(-c3ccc(F)c(F)c3)cs2)SC1=S)Nc1ccc(C(=O)OCC(O)CO)cc1. The molecule has 1 saturated heterocycles. The van der Waals surface area contributed by atoms with Crippen molar-refractivity contribution >= 4 is 69.2 Å². The quantitative estimate of drug-likeness (QED) is 0.177. The van der Waals surface area contributed by atoms with E-state index in [0.29, 0.717) is 26.0 Å². The molecule has 3 N–H and O–H groups in total. The molecule has 4 rings (SSSR count). The number of halogens is 2. The van der Waals surface area contributed by atoms with Gasteiger partial charge in [0.25, 0.3) is 5.91 Å². The van der Waals surface area contributed by atoms with Crippen LogP contribution in [-0.4, -0.2) is 63.1 Å². The number of hydrogen-bond donors (Lipinski definition) is 3. The maximum atomic E-state index is 13.6. The van der Waals surface area contributed by atoms with Crippen LogP contribution in [0.25, 0.3) is 17.2 Å². The smallest absolute Gasteiger partial charge is 0.338 e. The van der Waals surface area contributed by atoms with E-state index in [9.17, 15) is 28.3 Å². The van der Waals surface area contributed by atoms with Gasteiger partial charge in [-0.3, -0.25) is 14.5 Å². The van der Waals surface area contributed by atoms with E-state index in [1.165, 1.54) is 46.6 Å². The van der Waals surface area contributed by atoms with Crippen molar-refractivity contribution < 1.29 is 38.1 Å². The Kier molecular flexibility index (Phi) is 9.76. The molecule has 0 aliphatic carbocycles. The minimum atomic E-state index is -1.16. The maximum Gasteiger partial charge on any atom is 0.338 e. The van der Waals surface area contributed by atoms with Crippen molar-refractivity contribution in [1.29, 1.82) is 0 Å². The number of aliphatic hydroxyl groups is 2. The molecule has 40 heavy (non-hydrogen) atoms. The molecule has 0 bridgehead atoms. The van der Waals surface area contributed by atoms with Crippen LogP contribution in [0.5, 0.6) is 0 Å². The van der Waals surface area contributed by atoms with Crippen molar-refractivity contribution in [3.05, 3.63) is 80.9 Å². The van der Waals surface area contributed by atoms with Crippen LogP contribution in [0.2, 0.25) is 0 Å². The molecule has 2 heterocycles. The number of carbonyl (C=O) groups excluding carboxylic acids is 3. The van der Waals surface area contributed by atoms with Crippen LogP contribution in [-0.2, 0) is 14.3 Å². The van der Waals surface area contributed by atoms with Crippen LogP contribution in [0, 0.1) is 11.6 Å². The summed E-state index contributed by atoms with van der Waals surface area (Å²) in [6, 6.07) is 11.3. The first kappa shape index (κ1) is 29.5. The number of ether oxygens (including phenoxy) is 1. The van der Waals surface area contributed by atoms with Gasteiger partial charge in [0.15, 0.2) is 11.6 Å². The molecule has 0 radical (unpaired) electrons. The number of thiocarbonyl (C=S) groups is 1. The molecule has 1 aliphatic heterocycles. The summed E-state index contributed by atoms with van der Waals surface area (Å²) in [5, 5.41) is 22.5. The Morgan fingerprint density at radius 1 is 1.10 bits per heavy atom.